The number of carbonyl (C=O) groups excluding carboxylic acids is 1. The van der Waals surface area contributed by atoms with E-state index in [0.29, 0.717) is 11.0 Å². The van der Waals surface area contributed by atoms with Crippen LogP contribution in [0, 0.1) is 5.41 Å². The summed E-state index contributed by atoms with van der Waals surface area (Å²) >= 11 is 0. The van der Waals surface area contributed by atoms with Crippen molar-refractivity contribution in [3.63, 3.8) is 0 Å². The summed E-state index contributed by atoms with van der Waals surface area (Å²) in [7, 11) is 3.50. The largest absolute Gasteiger partial charge is 0.465 e. The quantitative estimate of drug-likeness (QED) is 0.788. The minimum absolute atomic E-state index is 0.268. The number of benzene rings is 1. The molecule has 1 spiro atoms. The zero-order chi connectivity index (χ0) is 13.5. The summed E-state index contributed by atoms with van der Waals surface area (Å²) in [6, 6.07) is 5.78. The lowest BCUT2D eigenvalue weighted by molar-refractivity contribution is 0.0601. The first-order chi connectivity index (χ1) is 9.15. The predicted octanol–water partition coefficient (Wildman–Crippen LogP) is 2.51. The van der Waals surface area contributed by atoms with Gasteiger partial charge >= 0.3 is 5.97 Å². The van der Waals surface area contributed by atoms with Gasteiger partial charge < -0.3 is 15.0 Å². The third kappa shape index (κ3) is 1.95. The Hall–Kier alpha value is -1.71. The van der Waals surface area contributed by atoms with Crippen LogP contribution in [-0.2, 0) is 4.74 Å². The van der Waals surface area contributed by atoms with Crippen molar-refractivity contribution < 1.29 is 9.53 Å². The summed E-state index contributed by atoms with van der Waals surface area (Å²) in [5.41, 5.74) is 3.03. The molecule has 1 saturated carbocycles. The predicted molar refractivity (Wildman–Crippen MR) is 75.8 cm³/mol. The van der Waals surface area contributed by atoms with Crippen LogP contribution in [0.5, 0.6) is 0 Å². The van der Waals surface area contributed by atoms with E-state index in [1.54, 1.807) is 0 Å². The monoisotopic (exact) mass is 260 g/mol. The second-order valence-corrected chi connectivity index (χ2v) is 5.76. The van der Waals surface area contributed by atoms with Crippen LogP contribution in [-0.4, -0.2) is 33.2 Å². The van der Waals surface area contributed by atoms with E-state index in [4.69, 9.17) is 4.74 Å². The van der Waals surface area contributed by atoms with E-state index in [-0.39, 0.29) is 5.97 Å². The Morgan fingerprint density at radius 1 is 1.42 bits per heavy atom. The van der Waals surface area contributed by atoms with Crippen LogP contribution in [0.4, 0.5) is 11.4 Å². The summed E-state index contributed by atoms with van der Waals surface area (Å²) in [5, 5.41) is 3.52. The number of nitrogens with one attached hydrogen (secondary N) is 1. The number of fused-ring (bicyclic) bond motifs is 1. The second-order valence-electron chi connectivity index (χ2n) is 5.76. The van der Waals surface area contributed by atoms with Crippen LogP contribution in [0.3, 0.4) is 0 Å². The number of para-hydroxylation sites is 1. The Balaban J connectivity index is 2.01. The maximum atomic E-state index is 11.9. The molecule has 19 heavy (non-hydrogen) atoms. The Morgan fingerprint density at radius 3 is 2.84 bits per heavy atom. The fourth-order valence-corrected chi connectivity index (χ4v) is 3.30. The maximum Gasteiger partial charge on any atom is 0.340 e. The Kier molecular flexibility index (Phi) is 2.88. The van der Waals surface area contributed by atoms with Crippen molar-refractivity contribution in [1.29, 1.82) is 0 Å². The van der Waals surface area contributed by atoms with Gasteiger partial charge in [-0.3, -0.25) is 0 Å². The van der Waals surface area contributed by atoms with Crippen molar-refractivity contribution in [2.75, 3.05) is 37.5 Å². The number of hydrogen-bond acceptors (Lipinski definition) is 4. The fraction of sp³-hybridized carbons (Fsp3) is 0.533. The number of hydrogen-bond donors (Lipinski definition) is 1. The highest BCUT2D eigenvalue weighted by molar-refractivity contribution is 5.99. The average molecular weight is 260 g/mol. The third-order valence-electron chi connectivity index (χ3n) is 4.46. The molecule has 1 heterocycles. The van der Waals surface area contributed by atoms with Gasteiger partial charge in [0.1, 0.15) is 0 Å². The number of anilines is 2. The lowest BCUT2D eigenvalue weighted by Gasteiger charge is -2.43. The molecule has 1 aliphatic carbocycles. The molecule has 2 aliphatic rings. The second kappa shape index (κ2) is 4.44. The van der Waals surface area contributed by atoms with Gasteiger partial charge in [0.25, 0.3) is 0 Å². The SMILES string of the molecule is COC(=O)c1cccc2c1N(C)CC1(CCC1)CN2. The topological polar surface area (TPSA) is 41.6 Å². The summed E-state index contributed by atoms with van der Waals surface area (Å²) in [4.78, 5) is 14.1. The van der Waals surface area contributed by atoms with Gasteiger partial charge in [-0.15, -0.1) is 0 Å². The summed E-state index contributed by atoms with van der Waals surface area (Å²) in [6.07, 6.45) is 3.85. The fourth-order valence-electron chi connectivity index (χ4n) is 3.30. The van der Waals surface area contributed by atoms with Crippen LogP contribution < -0.4 is 10.2 Å². The highest BCUT2D eigenvalue weighted by Crippen LogP contribution is 2.45. The molecular weight excluding hydrogens is 240 g/mol. The van der Waals surface area contributed by atoms with Gasteiger partial charge in [-0.2, -0.15) is 0 Å². The third-order valence-corrected chi connectivity index (χ3v) is 4.46. The number of carbonyl (C=O) groups is 1. The van der Waals surface area contributed by atoms with Crippen molar-refractivity contribution in [3.05, 3.63) is 23.8 Å². The smallest absolute Gasteiger partial charge is 0.340 e. The molecule has 4 heteroatoms. The molecule has 0 saturated heterocycles. The van der Waals surface area contributed by atoms with E-state index in [1.165, 1.54) is 26.4 Å². The number of ether oxygens (including phenoxy) is 1. The minimum atomic E-state index is -0.268. The molecule has 0 radical (unpaired) electrons. The van der Waals surface area contributed by atoms with Crippen LogP contribution in [0.2, 0.25) is 0 Å². The zero-order valence-corrected chi connectivity index (χ0v) is 11.5. The molecule has 0 aromatic heterocycles. The highest BCUT2D eigenvalue weighted by Gasteiger charge is 2.40. The van der Waals surface area contributed by atoms with Gasteiger partial charge in [0.2, 0.25) is 0 Å². The minimum Gasteiger partial charge on any atom is -0.465 e. The highest BCUT2D eigenvalue weighted by atomic mass is 16.5. The van der Waals surface area contributed by atoms with Crippen molar-refractivity contribution in [2.24, 2.45) is 5.41 Å². The van der Waals surface area contributed by atoms with Crippen molar-refractivity contribution in [2.45, 2.75) is 19.3 Å². The Morgan fingerprint density at radius 2 is 2.21 bits per heavy atom. The van der Waals surface area contributed by atoms with E-state index in [2.05, 4.69) is 17.3 Å². The van der Waals surface area contributed by atoms with Crippen LogP contribution in [0.1, 0.15) is 29.6 Å². The van der Waals surface area contributed by atoms with Crippen LogP contribution in [0.25, 0.3) is 0 Å². The lowest BCUT2D eigenvalue weighted by atomic mass is 9.68. The van der Waals surface area contributed by atoms with Crippen LogP contribution >= 0.6 is 0 Å². The van der Waals surface area contributed by atoms with E-state index < -0.39 is 0 Å². The molecule has 0 atom stereocenters. The zero-order valence-electron chi connectivity index (χ0n) is 11.5. The normalized spacial score (nSPS) is 20.0. The van der Waals surface area contributed by atoms with Crippen LogP contribution in [0.15, 0.2) is 18.2 Å². The van der Waals surface area contributed by atoms with E-state index >= 15 is 0 Å². The van der Waals surface area contributed by atoms with E-state index in [1.807, 2.05) is 18.2 Å². The van der Waals surface area contributed by atoms with Gasteiger partial charge in [-0.05, 0) is 25.0 Å². The van der Waals surface area contributed by atoms with E-state index in [9.17, 15) is 4.79 Å². The first-order valence-electron chi connectivity index (χ1n) is 6.82. The molecular formula is C15H20N2O2. The Bertz CT molecular complexity index is 509. The summed E-state index contributed by atoms with van der Waals surface area (Å²) in [6.45, 7) is 2.00. The number of esters is 1. The van der Waals surface area contributed by atoms with Crippen molar-refractivity contribution >= 4 is 17.3 Å². The molecule has 1 aliphatic heterocycles. The van der Waals surface area contributed by atoms with Gasteiger partial charge in [0, 0.05) is 25.6 Å². The first-order valence-corrected chi connectivity index (χ1v) is 6.82. The molecule has 1 N–H and O–H groups in total. The summed E-state index contributed by atoms with van der Waals surface area (Å²) < 4.78 is 4.89. The molecule has 1 aromatic carbocycles. The molecule has 3 rings (SSSR count). The molecule has 1 fully saturated rings. The number of nitrogens with zero attached hydrogens (tertiary/aromatic N) is 1. The summed E-state index contributed by atoms with van der Waals surface area (Å²) in [5.74, 6) is -0.268. The lowest BCUT2D eigenvalue weighted by Crippen LogP contribution is -2.43. The van der Waals surface area contributed by atoms with Gasteiger partial charge in [-0.25, -0.2) is 4.79 Å². The molecule has 1 aromatic rings. The Labute approximate surface area is 113 Å². The first kappa shape index (κ1) is 12.3. The standard InChI is InChI=1S/C15H20N2O2/c1-17-10-15(7-4-8-15)9-16-12-6-3-5-11(13(12)17)14(18)19-2/h3,5-6,16H,4,7-10H2,1-2H3. The molecule has 0 bridgehead atoms. The van der Waals surface area contributed by atoms with Crippen molar-refractivity contribution in [3.8, 4) is 0 Å². The van der Waals surface area contributed by atoms with Gasteiger partial charge in [-0.1, -0.05) is 12.5 Å². The molecule has 4 nitrogen and oxygen atoms in total. The average Bonchev–Trinajstić information content (AvgIpc) is 2.54. The molecule has 0 amide bonds. The molecule has 0 unspecified atom stereocenters. The molecule has 102 valence electrons. The maximum absolute atomic E-state index is 11.9. The van der Waals surface area contributed by atoms with Gasteiger partial charge in [0.15, 0.2) is 0 Å². The van der Waals surface area contributed by atoms with Crippen molar-refractivity contribution in [1.82, 2.24) is 0 Å². The number of rotatable bonds is 1. The van der Waals surface area contributed by atoms with E-state index in [0.717, 1.165) is 24.5 Å². The van der Waals surface area contributed by atoms with Gasteiger partial charge in [0.05, 0.1) is 24.0 Å². The number of methoxy groups -OCH3 is 1.